The van der Waals surface area contributed by atoms with Crippen LogP contribution in [0.15, 0.2) is 24.3 Å². The molecule has 1 aromatic rings. The largest absolute Gasteiger partial charge is 0.444 e. The lowest BCUT2D eigenvalue weighted by Gasteiger charge is -2.24. The van der Waals surface area contributed by atoms with Crippen molar-refractivity contribution in [2.24, 2.45) is 0 Å². The maximum absolute atomic E-state index is 11.8. The Balaban J connectivity index is 2.54. The fourth-order valence-corrected chi connectivity index (χ4v) is 1.42. The zero-order chi connectivity index (χ0) is 15.3. The molecule has 0 aliphatic rings. The molecule has 6 heteroatoms. The van der Waals surface area contributed by atoms with Gasteiger partial charge in [0.05, 0.1) is 11.4 Å². The van der Waals surface area contributed by atoms with Crippen LogP contribution in [-0.4, -0.2) is 36.1 Å². The molecule has 6 nitrogen and oxygen atoms in total. The number of amides is 2. The van der Waals surface area contributed by atoms with Crippen LogP contribution in [-0.2, 0) is 9.53 Å². The average molecular weight is 279 g/mol. The number of rotatable bonds is 3. The molecule has 0 unspecified atom stereocenters. The number of likely N-dealkylation sites (N-methyl/N-ethyl adjacent to an activating group) is 1. The molecule has 0 saturated heterocycles. The molecule has 0 heterocycles. The van der Waals surface area contributed by atoms with Crippen molar-refractivity contribution in [2.45, 2.75) is 26.4 Å². The van der Waals surface area contributed by atoms with E-state index in [9.17, 15) is 9.59 Å². The lowest BCUT2D eigenvalue weighted by Crippen LogP contribution is -2.38. The highest BCUT2D eigenvalue weighted by Gasteiger charge is 2.21. The van der Waals surface area contributed by atoms with Crippen molar-refractivity contribution in [1.82, 2.24) is 4.90 Å². The van der Waals surface area contributed by atoms with Gasteiger partial charge >= 0.3 is 6.09 Å². The van der Waals surface area contributed by atoms with E-state index in [2.05, 4.69) is 5.32 Å². The molecule has 20 heavy (non-hydrogen) atoms. The number of para-hydroxylation sites is 2. The summed E-state index contributed by atoms with van der Waals surface area (Å²) in [7, 11) is 1.50. The number of hydrogen-bond acceptors (Lipinski definition) is 4. The van der Waals surface area contributed by atoms with Gasteiger partial charge in [0, 0.05) is 7.05 Å². The minimum Gasteiger partial charge on any atom is -0.444 e. The molecule has 110 valence electrons. The van der Waals surface area contributed by atoms with Crippen LogP contribution in [0.1, 0.15) is 20.8 Å². The molecular weight excluding hydrogens is 258 g/mol. The number of anilines is 2. The van der Waals surface area contributed by atoms with Gasteiger partial charge in [0.2, 0.25) is 5.91 Å². The summed E-state index contributed by atoms with van der Waals surface area (Å²) in [6.07, 6.45) is -0.548. The maximum atomic E-state index is 11.8. The molecule has 0 atom stereocenters. The number of hydrogen-bond donors (Lipinski definition) is 2. The molecule has 2 amide bonds. The van der Waals surface area contributed by atoms with Crippen molar-refractivity contribution in [3.05, 3.63) is 24.3 Å². The zero-order valence-electron chi connectivity index (χ0n) is 12.3. The van der Waals surface area contributed by atoms with E-state index in [0.29, 0.717) is 11.4 Å². The van der Waals surface area contributed by atoms with Gasteiger partial charge < -0.3 is 20.7 Å². The number of benzene rings is 1. The number of nitrogen functional groups attached to an aromatic ring is 1. The number of nitrogens with two attached hydrogens (primary N) is 1. The third-order valence-electron chi connectivity index (χ3n) is 2.32. The molecule has 0 aliphatic heterocycles. The zero-order valence-corrected chi connectivity index (χ0v) is 12.3. The molecule has 0 radical (unpaired) electrons. The Labute approximate surface area is 118 Å². The van der Waals surface area contributed by atoms with Crippen LogP contribution < -0.4 is 11.1 Å². The highest BCUT2D eigenvalue weighted by atomic mass is 16.6. The van der Waals surface area contributed by atoms with Crippen LogP contribution in [0.25, 0.3) is 0 Å². The first-order valence-corrected chi connectivity index (χ1v) is 6.27. The molecule has 0 aromatic heterocycles. The van der Waals surface area contributed by atoms with Crippen molar-refractivity contribution in [3.63, 3.8) is 0 Å². The number of carbonyl (C=O) groups is 2. The summed E-state index contributed by atoms with van der Waals surface area (Å²) in [4.78, 5) is 24.7. The predicted octanol–water partition coefficient (Wildman–Crippen LogP) is 2.07. The molecule has 1 rings (SSSR count). The van der Waals surface area contributed by atoms with E-state index in [1.807, 2.05) is 0 Å². The van der Waals surface area contributed by atoms with E-state index in [1.165, 1.54) is 11.9 Å². The van der Waals surface area contributed by atoms with Crippen molar-refractivity contribution < 1.29 is 14.3 Å². The van der Waals surface area contributed by atoms with Crippen LogP contribution in [0.2, 0.25) is 0 Å². The first kappa shape index (κ1) is 15.8. The van der Waals surface area contributed by atoms with Crippen LogP contribution in [0.5, 0.6) is 0 Å². The monoisotopic (exact) mass is 279 g/mol. The van der Waals surface area contributed by atoms with Crippen molar-refractivity contribution in [3.8, 4) is 0 Å². The Morgan fingerprint density at radius 1 is 1.30 bits per heavy atom. The lowest BCUT2D eigenvalue weighted by molar-refractivity contribution is -0.117. The molecule has 0 aliphatic carbocycles. The quantitative estimate of drug-likeness (QED) is 0.829. The van der Waals surface area contributed by atoms with E-state index in [4.69, 9.17) is 10.5 Å². The third kappa shape index (κ3) is 5.17. The first-order chi connectivity index (χ1) is 9.19. The van der Waals surface area contributed by atoms with Gasteiger partial charge in [-0.1, -0.05) is 12.1 Å². The fraction of sp³-hybridized carbons (Fsp3) is 0.429. The van der Waals surface area contributed by atoms with Gasteiger partial charge in [-0.05, 0) is 32.9 Å². The summed E-state index contributed by atoms with van der Waals surface area (Å²) in [6, 6.07) is 6.93. The summed E-state index contributed by atoms with van der Waals surface area (Å²) in [6.45, 7) is 5.19. The molecule has 1 aromatic carbocycles. The second-order valence-corrected chi connectivity index (χ2v) is 5.47. The van der Waals surface area contributed by atoms with E-state index in [-0.39, 0.29) is 12.5 Å². The van der Waals surface area contributed by atoms with Crippen LogP contribution >= 0.6 is 0 Å². The van der Waals surface area contributed by atoms with E-state index >= 15 is 0 Å². The number of nitrogens with zero attached hydrogens (tertiary/aromatic N) is 1. The van der Waals surface area contributed by atoms with Gasteiger partial charge in [-0.3, -0.25) is 4.79 Å². The molecule has 0 fully saturated rings. The Hall–Kier alpha value is -2.24. The maximum Gasteiger partial charge on any atom is 0.410 e. The van der Waals surface area contributed by atoms with Crippen molar-refractivity contribution >= 4 is 23.4 Å². The SMILES string of the molecule is CN(CC(=O)Nc1ccccc1N)C(=O)OC(C)(C)C. The van der Waals surface area contributed by atoms with Crippen LogP contribution in [0.4, 0.5) is 16.2 Å². The summed E-state index contributed by atoms with van der Waals surface area (Å²) >= 11 is 0. The fourth-order valence-electron chi connectivity index (χ4n) is 1.42. The van der Waals surface area contributed by atoms with E-state index < -0.39 is 11.7 Å². The van der Waals surface area contributed by atoms with E-state index in [1.54, 1.807) is 45.0 Å². The molecule has 0 saturated carbocycles. The first-order valence-electron chi connectivity index (χ1n) is 6.27. The van der Waals surface area contributed by atoms with E-state index in [0.717, 1.165) is 0 Å². The average Bonchev–Trinajstić information content (AvgIpc) is 2.29. The Morgan fingerprint density at radius 3 is 2.45 bits per heavy atom. The number of ether oxygens (including phenoxy) is 1. The highest BCUT2D eigenvalue weighted by molar-refractivity contribution is 5.96. The summed E-state index contributed by atoms with van der Waals surface area (Å²) < 4.78 is 5.16. The molecule has 3 N–H and O–H groups in total. The molecular formula is C14H21N3O3. The summed E-state index contributed by atoms with van der Waals surface area (Å²) in [5, 5.41) is 2.65. The highest BCUT2D eigenvalue weighted by Crippen LogP contribution is 2.16. The lowest BCUT2D eigenvalue weighted by atomic mass is 10.2. The summed E-state index contributed by atoms with van der Waals surface area (Å²) in [5.74, 6) is -0.337. The number of carbonyl (C=O) groups excluding carboxylic acids is 2. The Morgan fingerprint density at radius 2 is 1.90 bits per heavy atom. The van der Waals surface area contributed by atoms with Crippen molar-refractivity contribution in [2.75, 3.05) is 24.6 Å². The van der Waals surface area contributed by atoms with Crippen LogP contribution in [0.3, 0.4) is 0 Å². The standard InChI is InChI=1S/C14H21N3O3/c1-14(2,3)20-13(19)17(4)9-12(18)16-11-8-6-5-7-10(11)15/h5-8H,9,15H2,1-4H3,(H,16,18). The van der Waals surface area contributed by atoms with Gasteiger partial charge in [-0.2, -0.15) is 0 Å². The minimum atomic E-state index is -0.592. The van der Waals surface area contributed by atoms with Crippen LogP contribution in [0, 0.1) is 0 Å². The predicted molar refractivity (Wildman–Crippen MR) is 78.3 cm³/mol. The Bertz CT molecular complexity index is 495. The summed E-state index contributed by atoms with van der Waals surface area (Å²) in [5.41, 5.74) is 6.13. The molecule has 0 bridgehead atoms. The van der Waals surface area contributed by atoms with Gasteiger partial charge in [0.15, 0.2) is 0 Å². The molecule has 0 spiro atoms. The van der Waals surface area contributed by atoms with Crippen molar-refractivity contribution in [1.29, 1.82) is 0 Å². The third-order valence-corrected chi connectivity index (χ3v) is 2.32. The minimum absolute atomic E-state index is 0.108. The second kappa shape index (κ2) is 6.27. The van der Waals surface area contributed by atoms with Gasteiger partial charge in [-0.15, -0.1) is 0 Å². The van der Waals surface area contributed by atoms with Gasteiger partial charge in [0.1, 0.15) is 12.1 Å². The smallest absolute Gasteiger partial charge is 0.410 e. The van der Waals surface area contributed by atoms with Gasteiger partial charge in [-0.25, -0.2) is 4.79 Å². The van der Waals surface area contributed by atoms with Gasteiger partial charge in [0.25, 0.3) is 0 Å². The topological polar surface area (TPSA) is 84.7 Å². The normalized spacial score (nSPS) is 10.8. The number of nitrogens with one attached hydrogen (secondary N) is 1. The second-order valence-electron chi connectivity index (χ2n) is 5.47. The Kier molecular flexibility index (Phi) is 4.96.